The second kappa shape index (κ2) is 4.00. The Bertz CT molecular complexity index is 489. The average Bonchev–Trinajstić information content (AvgIpc) is 2.63. The van der Waals surface area contributed by atoms with Gasteiger partial charge in [-0.15, -0.1) is 0 Å². The van der Waals surface area contributed by atoms with Crippen molar-refractivity contribution < 1.29 is 24.0 Å². The van der Waals surface area contributed by atoms with Crippen molar-refractivity contribution >= 4 is 5.97 Å². The van der Waals surface area contributed by atoms with Crippen LogP contribution in [-0.2, 0) is 24.0 Å². The van der Waals surface area contributed by atoms with Crippen molar-refractivity contribution in [3.8, 4) is 0 Å². The molecule has 6 atom stereocenters. The predicted octanol–water partition coefficient (Wildman–Crippen LogP) is 2.79. The first-order valence-corrected chi connectivity index (χ1v) is 8.05. The summed E-state index contributed by atoms with van der Waals surface area (Å²) in [5.41, 5.74) is -1.22. The molecule has 4 heterocycles. The molecule has 0 radical (unpaired) electrons. The average molecular weight is 296 g/mol. The summed E-state index contributed by atoms with van der Waals surface area (Å²) in [4.78, 5) is 24.1. The Morgan fingerprint density at radius 2 is 1.86 bits per heavy atom. The van der Waals surface area contributed by atoms with Gasteiger partial charge in [-0.2, -0.15) is 0 Å². The maximum Gasteiger partial charge on any atom is 0.314 e. The van der Waals surface area contributed by atoms with Gasteiger partial charge in [0.25, 0.3) is 0 Å². The van der Waals surface area contributed by atoms with E-state index < -0.39 is 23.1 Å². The molecule has 6 unspecified atom stereocenters. The molecule has 0 aromatic heterocycles. The number of ether oxygens (including phenoxy) is 2. The molecule has 21 heavy (non-hydrogen) atoms. The Hall–Kier alpha value is -0.650. The maximum atomic E-state index is 12.4. The van der Waals surface area contributed by atoms with Crippen molar-refractivity contribution in [3.05, 3.63) is 0 Å². The molecule has 1 spiro atoms. The second-order valence-corrected chi connectivity index (χ2v) is 7.98. The summed E-state index contributed by atoms with van der Waals surface area (Å²) in [5.74, 6) is -0.0996. The van der Waals surface area contributed by atoms with Crippen LogP contribution in [0.15, 0.2) is 0 Å². The number of hydrogen-bond donors (Lipinski definition) is 0. The van der Waals surface area contributed by atoms with Gasteiger partial charge in [-0.1, -0.05) is 6.92 Å². The monoisotopic (exact) mass is 296 g/mol. The van der Waals surface area contributed by atoms with Crippen LogP contribution in [0.4, 0.5) is 0 Å². The van der Waals surface area contributed by atoms with E-state index in [9.17, 15) is 4.79 Å². The molecule has 0 N–H and O–H groups in total. The molecule has 5 nitrogen and oxygen atoms in total. The SMILES string of the molecule is CC1CCC2C(C)(C)C(=O)OC3OC4(C)CCC1C32OO4. The van der Waals surface area contributed by atoms with Crippen molar-refractivity contribution in [2.45, 2.75) is 71.1 Å². The molecule has 2 bridgehead atoms. The molecule has 0 aromatic carbocycles. The number of carbonyl (C=O) groups excluding carboxylic acids is 1. The van der Waals surface area contributed by atoms with Crippen molar-refractivity contribution in [3.63, 3.8) is 0 Å². The summed E-state index contributed by atoms with van der Waals surface area (Å²) in [6, 6.07) is 0. The minimum absolute atomic E-state index is 0.0695. The van der Waals surface area contributed by atoms with Crippen LogP contribution in [-0.4, -0.2) is 23.6 Å². The highest BCUT2D eigenvalue weighted by Gasteiger charge is 2.72. The molecule has 4 aliphatic heterocycles. The number of carbonyl (C=O) groups is 1. The zero-order valence-electron chi connectivity index (χ0n) is 13.2. The van der Waals surface area contributed by atoms with Crippen LogP contribution in [0.1, 0.15) is 53.4 Å². The lowest BCUT2D eigenvalue weighted by atomic mass is 9.54. The van der Waals surface area contributed by atoms with Gasteiger partial charge < -0.3 is 9.47 Å². The van der Waals surface area contributed by atoms with Gasteiger partial charge in [0.1, 0.15) is 0 Å². The topological polar surface area (TPSA) is 54.0 Å². The van der Waals surface area contributed by atoms with Crippen LogP contribution in [0.5, 0.6) is 0 Å². The molecule has 5 rings (SSSR count). The van der Waals surface area contributed by atoms with Crippen LogP contribution in [0, 0.1) is 23.2 Å². The first kappa shape index (κ1) is 14.0. The Kier molecular flexibility index (Phi) is 2.66. The van der Waals surface area contributed by atoms with Crippen LogP contribution in [0.3, 0.4) is 0 Å². The molecular weight excluding hydrogens is 272 g/mol. The molecular formula is C16H24O5. The van der Waals surface area contributed by atoms with Gasteiger partial charge in [-0.3, -0.25) is 4.79 Å². The van der Waals surface area contributed by atoms with Crippen molar-refractivity contribution in [2.24, 2.45) is 23.2 Å². The Labute approximate surface area is 125 Å². The molecule has 5 heteroatoms. The van der Waals surface area contributed by atoms with Gasteiger partial charge in [0.2, 0.25) is 12.1 Å². The van der Waals surface area contributed by atoms with E-state index in [1.54, 1.807) is 0 Å². The lowest BCUT2D eigenvalue weighted by Crippen LogP contribution is -2.71. The lowest BCUT2D eigenvalue weighted by Gasteiger charge is -2.60. The van der Waals surface area contributed by atoms with E-state index in [1.165, 1.54) is 0 Å². The smallest absolute Gasteiger partial charge is 0.314 e. The van der Waals surface area contributed by atoms with E-state index in [2.05, 4.69) is 6.92 Å². The number of fused-ring (bicyclic) bond motifs is 2. The van der Waals surface area contributed by atoms with Crippen LogP contribution >= 0.6 is 0 Å². The summed E-state index contributed by atoms with van der Waals surface area (Å²) >= 11 is 0. The zero-order valence-corrected chi connectivity index (χ0v) is 13.2. The fourth-order valence-electron chi connectivity index (χ4n) is 5.02. The molecule has 1 aliphatic carbocycles. The molecule has 0 amide bonds. The summed E-state index contributed by atoms with van der Waals surface area (Å²) in [5, 5.41) is 0. The van der Waals surface area contributed by atoms with Crippen LogP contribution in [0.2, 0.25) is 0 Å². The zero-order chi connectivity index (χ0) is 15.0. The third-order valence-electron chi connectivity index (χ3n) is 6.33. The first-order chi connectivity index (χ1) is 9.80. The minimum Gasteiger partial charge on any atom is -0.432 e. The highest BCUT2D eigenvalue weighted by Crippen LogP contribution is 2.62. The lowest BCUT2D eigenvalue weighted by molar-refractivity contribution is -0.561. The Morgan fingerprint density at radius 1 is 1.10 bits per heavy atom. The first-order valence-electron chi connectivity index (χ1n) is 8.05. The third kappa shape index (κ3) is 1.60. The van der Waals surface area contributed by atoms with Gasteiger partial charge in [-0.25, -0.2) is 9.78 Å². The van der Waals surface area contributed by atoms with Crippen molar-refractivity contribution in [2.75, 3.05) is 0 Å². The highest BCUT2D eigenvalue weighted by molar-refractivity contribution is 5.78. The van der Waals surface area contributed by atoms with Gasteiger partial charge in [0.05, 0.1) is 5.41 Å². The van der Waals surface area contributed by atoms with Gasteiger partial charge >= 0.3 is 5.97 Å². The fourth-order valence-corrected chi connectivity index (χ4v) is 5.02. The molecule has 118 valence electrons. The molecule has 4 saturated heterocycles. The number of hydrogen-bond acceptors (Lipinski definition) is 5. The van der Waals surface area contributed by atoms with Gasteiger partial charge in [-0.05, 0) is 46.0 Å². The standard InChI is InChI=1S/C16H24O5/c1-9-5-6-11-14(2,3)12(17)18-13-16(11)10(9)7-8-15(4,19-13)20-21-16/h9-11,13H,5-8H2,1-4H3. The summed E-state index contributed by atoms with van der Waals surface area (Å²) < 4.78 is 11.7. The third-order valence-corrected chi connectivity index (χ3v) is 6.33. The van der Waals surface area contributed by atoms with E-state index in [0.717, 1.165) is 25.7 Å². The summed E-state index contributed by atoms with van der Waals surface area (Å²) in [7, 11) is 0. The molecule has 0 aromatic rings. The summed E-state index contributed by atoms with van der Waals surface area (Å²) in [6.07, 6.45) is 3.17. The van der Waals surface area contributed by atoms with Gasteiger partial charge in [0.15, 0.2) is 5.60 Å². The largest absolute Gasteiger partial charge is 0.432 e. The number of esters is 1. The van der Waals surface area contributed by atoms with E-state index in [1.807, 2.05) is 20.8 Å². The molecule has 1 saturated carbocycles. The maximum absolute atomic E-state index is 12.4. The van der Waals surface area contributed by atoms with E-state index >= 15 is 0 Å². The van der Waals surface area contributed by atoms with Crippen molar-refractivity contribution in [1.82, 2.24) is 0 Å². The van der Waals surface area contributed by atoms with E-state index in [0.29, 0.717) is 11.8 Å². The van der Waals surface area contributed by atoms with Crippen LogP contribution < -0.4 is 0 Å². The quantitative estimate of drug-likeness (QED) is 0.508. The second-order valence-electron chi connectivity index (χ2n) is 7.98. The van der Waals surface area contributed by atoms with Gasteiger partial charge in [0, 0.05) is 18.3 Å². The highest BCUT2D eigenvalue weighted by atomic mass is 17.3. The molecule has 5 aliphatic rings. The predicted molar refractivity (Wildman–Crippen MR) is 72.7 cm³/mol. The van der Waals surface area contributed by atoms with Crippen LogP contribution in [0.25, 0.3) is 0 Å². The minimum atomic E-state index is -0.806. The Morgan fingerprint density at radius 3 is 2.62 bits per heavy atom. The number of rotatable bonds is 0. The normalized spacial score (nSPS) is 54.6. The summed E-state index contributed by atoms with van der Waals surface area (Å²) in [6.45, 7) is 8.05. The Balaban J connectivity index is 1.87. The molecule has 5 fully saturated rings. The van der Waals surface area contributed by atoms with E-state index in [4.69, 9.17) is 19.2 Å². The fraction of sp³-hybridized carbons (Fsp3) is 0.938. The van der Waals surface area contributed by atoms with Crippen molar-refractivity contribution in [1.29, 1.82) is 0 Å². The van der Waals surface area contributed by atoms with E-state index in [-0.39, 0.29) is 11.9 Å².